The third kappa shape index (κ3) is 3.27. The van der Waals surface area contributed by atoms with Crippen molar-refractivity contribution in [3.8, 4) is 22.5 Å². The monoisotopic (exact) mass is 386 g/mol. The Bertz CT molecular complexity index is 1140. The van der Waals surface area contributed by atoms with E-state index in [1.807, 2.05) is 12.4 Å². The van der Waals surface area contributed by atoms with Crippen molar-refractivity contribution >= 4 is 11.5 Å². The lowest BCUT2D eigenvalue weighted by Gasteiger charge is -2.27. The maximum atomic E-state index is 13.5. The van der Waals surface area contributed by atoms with Crippen LogP contribution in [0.1, 0.15) is 24.8 Å². The molecule has 2 aromatic heterocycles. The van der Waals surface area contributed by atoms with Gasteiger partial charge in [0.25, 0.3) is 0 Å². The van der Waals surface area contributed by atoms with Gasteiger partial charge < -0.3 is 4.90 Å². The third-order valence-electron chi connectivity index (χ3n) is 5.62. The molecule has 4 aromatic rings. The average Bonchev–Trinajstić information content (AvgIpc) is 3.15. The topological polar surface area (TPSA) is 33.4 Å². The van der Waals surface area contributed by atoms with E-state index in [4.69, 9.17) is 4.98 Å². The molecule has 0 spiro atoms. The minimum Gasteiger partial charge on any atom is -0.354 e. The van der Waals surface area contributed by atoms with E-state index >= 15 is 0 Å². The summed E-state index contributed by atoms with van der Waals surface area (Å²) >= 11 is 0. The fourth-order valence-electron chi connectivity index (χ4n) is 4.09. The number of nitrogens with zero attached hydrogens (tertiary/aromatic N) is 4. The summed E-state index contributed by atoms with van der Waals surface area (Å²) in [5.74, 6) is 0.680. The Morgan fingerprint density at radius 2 is 1.55 bits per heavy atom. The van der Waals surface area contributed by atoms with Gasteiger partial charge in [0.15, 0.2) is 11.5 Å². The molecule has 5 rings (SSSR count). The van der Waals surface area contributed by atoms with Crippen LogP contribution < -0.4 is 4.90 Å². The second-order valence-electron chi connectivity index (χ2n) is 7.67. The van der Waals surface area contributed by atoms with E-state index in [9.17, 15) is 4.39 Å². The van der Waals surface area contributed by atoms with Crippen LogP contribution >= 0.6 is 0 Å². The Morgan fingerprint density at radius 3 is 2.28 bits per heavy atom. The van der Waals surface area contributed by atoms with E-state index in [1.54, 1.807) is 12.1 Å². The number of hydrogen-bond acceptors (Lipinski definition) is 3. The Balaban J connectivity index is 1.76. The Hall–Kier alpha value is -3.21. The summed E-state index contributed by atoms with van der Waals surface area (Å²) in [5, 5.41) is 0. The standard InChI is InChI=1S/C24H23FN4/c1-17-5-7-19(8-6-17)22-21(18-9-11-20(25)12-10-18)27-24-23(26-13-16-29(22)24)28-14-3-2-4-15-28/h5-13,16H,2-4,14-15H2,1H3. The molecule has 1 saturated heterocycles. The number of anilines is 1. The molecule has 1 aliphatic rings. The van der Waals surface area contributed by atoms with Gasteiger partial charge in [-0.25, -0.2) is 14.4 Å². The summed E-state index contributed by atoms with van der Waals surface area (Å²) in [4.78, 5) is 12.0. The van der Waals surface area contributed by atoms with Gasteiger partial charge in [-0.2, -0.15) is 0 Å². The zero-order valence-electron chi connectivity index (χ0n) is 16.5. The number of fused-ring (bicyclic) bond motifs is 1. The van der Waals surface area contributed by atoms with Crippen LogP contribution in [0.2, 0.25) is 0 Å². The quantitative estimate of drug-likeness (QED) is 0.466. The molecule has 29 heavy (non-hydrogen) atoms. The summed E-state index contributed by atoms with van der Waals surface area (Å²) in [6.07, 6.45) is 7.45. The number of hydrogen-bond donors (Lipinski definition) is 0. The van der Waals surface area contributed by atoms with Gasteiger partial charge in [-0.3, -0.25) is 4.40 Å². The molecule has 1 fully saturated rings. The van der Waals surface area contributed by atoms with Gasteiger partial charge in [-0.05, 0) is 50.5 Å². The molecule has 1 aliphatic heterocycles. The van der Waals surface area contributed by atoms with Crippen molar-refractivity contribution in [1.29, 1.82) is 0 Å². The summed E-state index contributed by atoms with van der Waals surface area (Å²) in [6.45, 7) is 4.09. The first-order valence-corrected chi connectivity index (χ1v) is 10.2. The lowest BCUT2D eigenvalue weighted by Crippen LogP contribution is -2.30. The van der Waals surface area contributed by atoms with Crippen molar-refractivity contribution in [2.75, 3.05) is 18.0 Å². The molecule has 0 radical (unpaired) electrons. The van der Waals surface area contributed by atoms with Crippen LogP contribution in [0.5, 0.6) is 0 Å². The average molecular weight is 386 g/mol. The van der Waals surface area contributed by atoms with Crippen LogP contribution in [0, 0.1) is 12.7 Å². The highest BCUT2D eigenvalue weighted by Crippen LogP contribution is 2.35. The van der Waals surface area contributed by atoms with Crippen molar-refractivity contribution in [1.82, 2.24) is 14.4 Å². The third-order valence-corrected chi connectivity index (χ3v) is 5.62. The summed E-state index contributed by atoms with van der Waals surface area (Å²) < 4.78 is 15.7. The first-order valence-electron chi connectivity index (χ1n) is 10.2. The number of halogens is 1. The maximum Gasteiger partial charge on any atom is 0.181 e. The molecule has 5 heteroatoms. The van der Waals surface area contributed by atoms with Crippen LogP contribution in [-0.2, 0) is 0 Å². The van der Waals surface area contributed by atoms with E-state index in [0.717, 1.165) is 47.1 Å². The predicted octanol–water partition coefficient (Wildman–Crippen LogP) is 5.50. The van der Waals surface area contributed by atoms with Gasteiger partial charge in [0, 0.05) is 36.6 Å². The Morgan fingerprint density at radius 1 is 0.862 bits per heavy atom. The van der Waals surface area contributed by atoms with E-state index in [1.165, 1.54) is 37.0 Å². The lowest BCUT2D eigenvalue weighted by molar-refractivity contribution is 0.574. The molecule has 0 atom stereocenters. The zero-order valence-corrected chi connectivity index (χ0v) is 16.5. The molecule has 0 N–H and O–H groups in total. The molecule has 0 amide bonds. The SMILES string of the molecule is Cc1ccc(-c2c(-c3ccc(F)cc3)nc3c(N4CCCCC4)nccn23)cc1. The van der Waals surface area contributed by atoms with Crippen LogP contribution in [-0.4, -0.2) is 27.5 Å². The van der Waals surface area contributed by atoms with E-state index in [0.29, 0.717) is 0 Å². The highest BCUT2D eigenvalue weighted by Gasteiger charge is 2.22. The largest absolute Gasteiger partial charge is 0.354 e. The van der Waals surface area contributed by atoms with Gasteiger partial charge in [-0.15, -0.1) is 0 Å². The molecule has 0 unspecified atom stereocenters. The van der Waals surface area contributed by atoms with E-state index < -0.39 is 0 Å². The van der Waals surface area contributed by atoms with Crippen LogP contribution in [0.4, 0.5) is 10.2 Å². The lowest BCUT2D eigenvalue weighted by atomic mass is 10.0. The van der Waals surface area contributed by atoms with Crippen molar-refractivity contribution in [2.24, 2.45) is 0 Å². The van der Waals surface area contributed by atoms with E-state index in [-0.39, 0.29) is 5.82 Å². The molecule has 2 aromatic carbocycles. The zero-order chi connectivity index (χ0) is 19.8. The number of imidazole rings is 1. The highest BCUT2D eigenvalue weighted by atomic mass is 19.1. The molecule has 0 saturated carbocycles. The van der Waals surface area contributed by atoms with Crippen molar-refractivity contribution in [3.05, 3.63) is 72.3 Å². The fraction of sp³-hybridized carbons (Fsp3) is 0.250. The molecule has 146 valence electrons. The summed E-state index contributed by atoms with van der Waals surface area (Å²) in [6, 6.07) is 15.0. The van der Waals surface area contributed by atoms with E-state index in [2.05, 4.69) is 45.5 Å². The minimum absolute atomic E-state index is 0.245. The Labute approximate surface area is 169 Å². The van der Waals surface area contributed by atoms with Gasteiger partial charge in [0.2, 0.25) is 0 Å². The molecule has 0 aliphatic carbocycles. The van der Waals surface area contributed by atoms with Crippen LogP contribution in [0.3, 0.4) is 0 Å². The molecule has 0 bridgehead atoms. The normalized spacial score (nSPS) is 14.5. The maximum absolute atomic E-state index is 13.5. The Kier molecular flexibility index (Phi) is 4.51. The number of rotatable bonds is 3. The van der Waals surface area contributed by atoms with Gasteiger partial charge in [0.05, 0.1) is 11.4 Å². The highest BCUT2D eigenvalue weighted by molar-refractivity contribution is 5.84. The summed E-state index contributed by atoms with van der Waals surface area (Å²) in [7, 11) is 0. The number of aryl methyl sites for hydroxylation is 1. The second-order valence-corrected chi connectivity index (χ2v) is 7.67. The van der Waals surface area contributed by atoms with Gasteiger partial charge in [-0.1, -0.05) is 29.8 Å². The fourth-order valence-corrected chi connectivity index (χ4v) is 4.09. The first-order chi connectivity index (χ1) is 14.2. The van der Waals surface area contributed by atoms with Crippen LogP contribution in [0.15, 0.2) is 60.9 Å². The number of piperidine rings is 1. The molecule has 3 heterocycles. The van der Waals surface area contributed by atoms with Crippen LogP contribution in [0.25, 0.3) is 28.2 Å². The van der Waals surface area contributed by atoms with Gasteiger partial charge in [0.1, 0.15) is 5.82 Å². The van der Waals surface area contributed by atoms with Crippen molar-refractivity contribution in [3.63, 3.8) is 0 Å². The molecular formula is C24H23FN4. The minimum atomic E-state index is -0.245. The first kappa shape index (κ1) is 17.9. The number of aromatic nitrogens is 3. The predicted molar refractivity (Wildman–Crippen MR) is 115 cm³/mol. The summed E-state index contributed by atoms with van der Waals surface area (Å²) in [5.41, 5.74) is 5.90. The van der Waals surface area contributed by atoms with Crippen molar-refractivity contribution in [2.45, 2.75) is 26.2 Å². The smallest absolute Gasteiger partial charge is 0.181 e. The molecular weight excluding hydrogens is 363 g/mol. The van der Waals surface area contributed by atoms with Gasteiger partial charge >= 0.3 is 0 Å². The van der Waals surface area contributed by atoms with Crippen molar-refractivity contribution < 1.29 is 4.39 Å². The molecule has 4 nitrogen and oxygen atoms in total. The second kappa shape index (κ2) is 7.32. The number of benzene rings is 2.